The second-order valence-corrected chi connectivity index (χ2v) is 6.25. The summed E-state index contributed by atoms with van der Waals surface area (Å²) in [7, 11) is 0. The summed E-state index contributed by atoms with van der Waals surface area (Å²) in [6.45, 7) is 8.31. The van der Waals surface area contributed by atoms with Crippen molar-refractivity contribution in [2.45, 2.75) is 65.5 Å². The minimum Gasteiger partial charge on any atom is -0.480 e. The topological polar surface area (TPSA) is 49.3 Å². The lowest BCUT2D eigenvalue weighted by atomic mass is 10.00. The minimum atomic E-state index is -0.768. The highest BCUT2D eigenvalue weighted by Gasteiger charge is 2.21. The second-order valence-electron chi connectivity index (χ2n) is 6.25. The molecule has 0 fully saturated rings. The highest BCUT2D eigenvalue weighted by molar-refractivity contribution is 5.73. The van der Waals surface area contributed by atoms with Crippen molar-refractivity contribution in [3.63, 3.8) is 0 Å². The molecule has 0 spiro atoms. The summed E-state index contributed by atoms with van der Waals surface area (Å²) in [5.41, 5.74) is 2.50. The van der Waals surface area contributed by atoms with Crippen molar-refractivity contribution < 1.29 is 9.90 Å². The summed E-state index contributed by atoms with van der Waals surface area (Å²) in [5, 5.41) is 12.5. The lowest BCUT2D eigenvalue weighted by Gasteiger charge is -2.22. The van der Waals surface area contributed by atoms with E-state index in [1.54, 1.807) is 0 Å². The molecule has 0 aliphatic heterocycles. The molecule has 0 heterocycles. The summed E-state index contributed by atoms with van der Waals surface area (Å²) in [6, 6.07) is 8.08. The lowest BCUT2D eigenvalue weighted by molar-refractivity contribution is -0.140. The van der Waals surface area contributed by atoms with Gasteiger partial charge in [0.1, 0.15) is 6.04 Å². The van der Waals surface area contributed by atoms with E-state index in [1.807, 2.05) is 20.8 Å². The van der Waals surface area contributed by atoms with Gasteiger partial charge in [0.05, 0.1) is 0 Å². The van der Waals surface area contributed by atoms with E-state index in [9.17, 15) is 9.90 Å². The Morgan fingerprint density at radius 2 is 1.81 bits per heavy atom. The molecule has 1 rings (SSSR count). The molecule has 3 nitrogen and oxygen atoms in total. The number of carboxylic acid groups (broad SMARTS) is 1. The van der Waals surface area contributed by atoms with Gasteiger partial charge in [-0.3, -0.25) is 10.1 Å². The molecule has 0 amide bonds. The quantitative estimate of drug-likeness (QED) is 0.717. The fourth-order valence-corrected chi connectivity index (χ4v) is 2.46. The molecule has 118 valence electrons. The highest BCUT2D eigenvalue weighted by Crippen LogP contribution is 2.17. The zero-order valence-electron chi connectivity index (χ0n) is 13.7. The van der Waals surface area contributed by atoms with Crippen LogP contribution < -0.4 is 5.32 Å². The van der Waals surface area contributed by atoms with Crippen LogP contribution in [0, 0.1) is 5.92 Å². The van der Waals surface area contributed by atoms with Gasteiger partial charge in [0.25, 0.3) is 0 Å². The van der Waals surface area contributed by atoms with Gasteiger partial charge in [0, 0.05) is 6.04 Å². The maximum atomic E-state index is 11.3. The molecule has 1 aromatic carbocycles. The average Bonchev–Trinajstić information content (AvgIpc) is 2.44. The normalized spacial score (nSPS) is 14.1. The van der Waals surface area contributed by atoms with Gasteiger partial charge in [0.2, 0.25) is 0 Å². The molecule has 2 N–H and O–H groups in total. The molecular formula is C18H29NO2. The van der Waals surface area contributed by atoms with Crippen LogP contribution in [0.5, 0.6) is 0 Å². The molecule has 1 aromatic rings. The third kappa shape index (κ3) is 6.30. The van der Waals surface area contributed by atoms with E-state index in [4.69, 9.17) is 0 Å². The number of hydrogen-bond donors (Lipinski definition) is 2. The van der Waals surface area contributed by atoms with Gasteiger partial charge in [0.15, 0.2) is 0 Å². The summed E-state index contributed by atoms with van der Waals surface area (Å²) < 4.78 is 0. The van der Waals surface area contributed by atoms with Crippen LogP contribution >= 0.6 is 0 Å². The Morgan fingerprint density at radius 3 is 2.29 bits per heavy atom. The van der Waals surface area contributed by atoms with Gasteiger partial charge in [-0.05, 0) is 43.2 Å². The van der Waals surface area contributed by atoms with Gasteiger partial charge in [-0.25, -0.2) is 0 Å². The summed E-state index contributed by atoms with van der Waals surface area (Å²) >= 11 is 0. The molecule has 0 saturated carbocycles. The number of rotatable bonds is 9. The van der Waals surface area contributed by atoms with Crippen LogP contribution in [0.15, 0.2) is 24.3 Å². The van der Waals surface area contributed by atoms with Gasteiger partial charge < -0.3 is 5.11 Å². The van der Waals surface area contributed by atoms with Gasteiger partial charge in [-0.1, -0.05) is 51.5 Å². The van der Waals surface area contributed by atoms with Crippen molar-refractivity contribution in [1.82, 2.24) is 5.32 Å². The Labute approximate surface area is 128 Å². The molecule has 21 heavy (non-hydrogen) atoms. The predicted octanol–water partition coefficient (Wildman–Crippen LogP) is 4.18. The zero-order chi connectivity index (χ0) is 15.8. The first-order valence-corrected chi connectivity index (χ1v) is 8.01. The van der Waals surface area contributed by atoms with E-state index >= 15 is 0 Å². The third-order valence-electron chi connectivity index (χ3n) is 3.76. The maximum Gasteiger partial charge on any atom is 0.320 e. The molecule has 2 atom stereocenters. The Hall–Kier alpha value is -1.35. The van der Waals surface area contributed by atoms with Crippen molar-refractivity contribution in [2.24, 2.45) is 5.92 Å². The minimum absolute atomic E-state index is 0.0464. The molecule has 2 unspecified atom stereocenters. The van der Waals surface area contributed by atoms with E-state index in [-0.39, 0.29) is 6.04 Å². The van der Waals surface area contributed by atoms with E-state index in [1.165, 1.54) is 18.4 Å². The van der Waals surface area contributed by atoms with Crippen molar-refractivity contribution in [3.05, 3.63) is 35.4 Å². The van der Waals surface area contributed by atoms with Crippen molar-refractivity contribution in [1.29, 1.82) is 0 Å². The van der Waals surface area contributed by atoms with Gasteiger partial charge in [-0.15, -0.1) is 0 Å². The number of carboxylic acids is 1. The van der Waals surface area contributed by atoms with Crippen LogP contribution in [0.1, 0.15) is 64.1 Å². The number of aliphatic carboxylic acids is 1. The standard InChI is InChI=1S/C18H29NO2/c1-5-6-7-15-8-10-16(11-9-15)14(4)19-17(18(20)21)12-13(2)3/h8-11,13-14,17,19H,5-7,12H2,1-4H3,(H,20,21). The van der Waals surface area contributed by atoms with E-state index in [0.717, 1.165) is 12.0 Å². The van der Waals surface area contributed by atoms with Crippen molar-refractivity contribution in [3.8, 4) is 0 Å². The predicted molar refractivity (Wildman–Crippen MR) is 87.5 cm³/mol. The van der Waals surface area contributed by atoms with E-state index in [0.29, 0.717) is 12.3 Å². The second kappa shape index (κ2) is 8.83. The van der Waals surface area contributed by atoms with Crippen LogP contribution in [0.3, 0.4) is 0 Å². The van der Waals surface area contributed by atoms with E-state index < -0.39 is 12.0 Å². The fraction of sp³-hybridized carbons (Fsp3) is 0.611. The number of aryl methyl sites for hydroxylation is 1. The molecule has 0 aromatic heterocycles. The van der Waals surface area contributed by atoms with Crippen LogP contribution in [-0.4, -0.2) is 17.1 Å². The van der Waals surface area contributed by atoms with Crippen molar-refractivity contribution >= 4 is 5.97 Å². The van der Waals surface area contributed by atoms with Crippen LogP contribution in [-0.2, 0) is 11.2 Å². The van der Waals surface area contributed by atoms with Crippen LogP contribution in [0.2, 0.25) is 0 Å². The fourth-order valence-electron chi connectivity index (χ4n) is 2.46. The van der Waals surface area contributed by atoms with Gasteiger partial charge >= 0.3 is 5.97 Å². The Bertz CT molecular complexity index is 425. The first-order chi connectivity index (χ1) is 9.93. The molecule has 0 aliphatic carbocycles. The first-order valence-electron chi connectivity index (χ1n) is 8.01. The molecule has 0 saturated heterocycles. The Kier molecular flexibility index (Phi) is 7.44. The number of hydrogen-bond acceptors (Lipinski definition) is 2. The molecule has 0 aliphatic rings. The lowest BCUT2D eigenvalue weighted by Crippen LogP contribution is -2.39. The zero-order valence-corrected chi connectivity index (χ0v) is 13.7. The average molecular weight is 291 g/mol. The van der Waals surface area contributed by atoms with Crippen molar-refractivity contribution in [2.75, 3.05) is 0 Å². The summed E-state index contributed by atoms with van der Waals surface area (Å²) in [5.74, 6) is -0.405. The molecule has 3 heteroatoms. The Morgan fingerprint density at radius 1 is 1.19 bits per heavy atom. The Balaban J connectivity index is 2.64. The van der Waals surface area contributed by atoms with Gasteiger partial charge in [-0.2, -0.15) is 0 Å². The number of benzene rings is 1. The molecular weight excluding hydrogens is 262 g/mol. The van der Waals surface area contributed by atoms with Crippen LogP contribution in [0.4, 0.5) is 0 Å². The number of unbranched alkanes of at least 4 members (excludes halogenated alkanes) is 1. The largest absolute Gasteiger partial charge is 0.480 e. The number of nitrogens with one attached hydrogen (secondary N) is 1. The molecule has 0 radical (unpaired) electrons. The summed E-state index contributed by atoms with van der Waals surface area (Å²) in [6.07, 6.45) is 4.18. The smallest absolute Gasteiger partial charge is 0.320 e. The van der Waals surface area contributed by atoms with Crippen LogP contribution in [0.25, 0.3) is 0 Å². The maximum absolute atomic E-state index is 11.3. The highest BCUT2D eigenvalue weighted by atomic mass is 16.4. The number of carbonyl (C=O) groups is 1. The molecule has 0 bridgehead atoms. The third-order valence-corrected chi connectivity index (χ3v) is 3.76. The summed E-state index contributed by atoms with van der Waals surface area (Å²) in [4.78, 5) is 11.3. The first kappa shape index (κ1) is 17.7. The monoisotopic (exact) mass is 291 g/mol. The van der Waals surface area contributed by atoms with E-state index in [2.05, 4.69) is 36.5 Å². The SMILES string of the molecule is CCCCc1ccc(C(C)NC(CC(C)C)C(=O)O)cc1.